The topological polar surface area (TPSA) is 49.4 Å². The molecule has 3 rings (SSSR count). The molecule has 0 aromatic heterocycles. The first-order valence-electron chi connectivity index (χ1n) is 11.6. The number of carbonyl (C=O) groups excluding carboxylic acids is 2. The zero-order chi connectivity index (χ0) is 23.8. The van der Waals surface area contributed by atoms with E-state index >= 15 is 0 Å². The van der Waals surface area contributed by atoms with Crippen LogP contribution in [-0.4, -0.2) is 28.8 Å². The molecule has 0 radical (unpaired) electrons. The first-order chi connectivity index (χ1) is 15.8. The molecule has 0 aliphatic carbocycles. The van der Waals surface area contributed by atoms with Gasteiger partial charge in [0, 0.05) is 19.0 Å². The second-order valence-electron chi connectivity index (χ2n) is 8.98. The lowest BCUT2D eigenvalue weighted by atomic mass is 10.00. The third-order valence-corrected chi connectivity index (χ3v) is 5.78. The molecule has 0 aliphatic rings. The number of nitrogens with one attached hydrogen (secondary N) is 1. The molecule has 0 heterocycles. The summed E-state index contributed by atoms with van der Waals surface area (Å²) in [5.74, 6) is -0.179. The molecule has 0 unspecified atom stereocenters. The molecule has 4 nitrogen and oxygen atoms in total. The number of benzene rings is 3. The third-order valence-electron chi connectivity index (χ3n) is 5.78. The maximum atomic E-state index is 13.7. The Morgan fingerprint density at radius 1 is 0.818 bits per heavy atom. The summed E-state index contributed by atoms with van der Waals surface area (Å²) in [5, 5.41) is 3.04. The van der Waals surface area contributed by atoms with Crippen LogP contribution in [0.3, 0.4) is 0 Å². The highest BCUT2D eigenvalue weighted by Gasteiger charge is 2.31. The van der Waals surface area contributed by atoms with E-state index in [-0.39, 0.29) is 24.3 Å². The van der Waals surface area contributed by atoms with Crippen LogP contribution in [0.25, 0.3) is 0 Å². The predicted octanol–water partition coefficient (Wildman–Crippen LogP) is 5.01. The van der Waals surface area contributed by atoms with Gasteiger partial charge in [-0.1, -0.05) is 84.4 Å². The molecule has 1 atom stereocenters. The van der Waals surface area contributed by atoms with Crippen molar-refractivity contribution < 1.29 is 9.59 Å². The monoisotopic (exact) mass is 442 g/mol. The van der Waals surface area contributed by atoms with Crippen LogP contribution >= 0.6 is 0 Å². The zero-order valence-electron chi connectivity index (χ0n) is 20.0. The summed E-state index contributed by atoms with van der Waals surface area (Å²) in [4.78, 5) is 28.8. The lowest BCUT2D eigenvalue weighted by Gasteiger charge is -2.32. The molecular formula is C29H34N2O2. The highest BCUT2D eigenvalue weighted by atomic mass is 16.2. The van der Waals surface area contributed by atoms with Crippen LogP contribution in [0, 0.1) is 13.8 Å². The van der Waals surface area contributed by atoms with Crippen molar-refractivity contribution in [2.45, 2.75) is 59.2 Å². The molecule has 3 aromatic rings. The standard InChI is InChI=1S/C29H34N2O2/c1-21(2)30-29(33)27(18-24-11-6-5-7-12-24)31(20-26-13-9-8-10-23(26)4)28(32)19-25-16-14-22(3)15-17-25/h5-17,21,27H,18-20H2,1-4H3,(H,30,33)/t27-/m0/s1. The number of amides is 2. The summed E-state index contributed by atoms with van der Waals surface area (Å²) in [5.41, 5.74) is 5.28. The van der Waals surface area contributed by atoms with Crippen molar-refractivity contribution in [3.63, 3.8) is 0 Å². The molecular weight excluding hydrogens is 408 g/mol. The number of hydrogen-bond acceptors (Lipinski definition) is 2. The minimum absolute atomic E-state index is 0.0108. The average molecular weight is 443 g/mol. The Morgan fingerprint density at radius 2 is 1.45 bits per heavy atom. The highest BCUT2D eigenvalue weighted by molar-refractivity contribution is 5.89. The van der Waals surface area contributed by atoms with E-state index in [0.717, 1.165) is 27.8 Å². The van der Waals surface area contributed by atoms with Crippen LogP contribution in [0.5, 0.6) is 0 Å². The molecule has 172 valence electrons. The van der Waals surface area contributed by atoms with Gasteiger partial charge in [-0.2, -0.15) is 0 Å². The van der Waals surface area contributed by atoms with Gasteiger partial charge in [-0.3, -0.25) is 9.59 Å². The van der Waals surface area contributed by atoms with Crippen molar-refractivity contribution in [3.8, 4) is 0 Å². The van der Waals surface area contributed by atoms with Gasteiger partial charge in [-0.15, -0.1) is 0 Å². The minimum Gasteiger partial charge on any atom is -0.352 e. The molecule has 0 aliphatic heterocycles. The smallest absolute Gasteiger partial charge is 0.243 e. The van der Waals surface area contributed by atoms with E-state index in [9.17, 15) is 9.59 Å². The fourth-order valence-corrected chi connectivity index (χ4v) is 3.89. The second kappa shape index (κ2) is 11.5. The molecule has 3 aromatic carbocycles. The van der Waals surface area contributed by atoms with Gasteiger partial charge in [0.15, 0.2) is 0 Å². The van der Waals surface area contributed by atoms with Gasteiger partial charge in [-0.05, 0) is 49.9 Å². The lowest BCUT2D eigenvalue weighted by Crippen LogP contribution is -2.52. The number of hydrogen-bond donors (Lipinski definition) is 1. The van der Waals surface area contributed by atoms with E-state index in [2.05, 4.69) is 5.32 Å². The van der Waals surface area contributed by atoms with E-state index in [0.29, 0.717) is 13.0 Å². The van der Waals surface area contributed by atoms with Crippen LogP contribution in [0.2, 0.25) is 0 Å². The van der Waals surface area contributed by atoms with Crippen molar-refractivity contribution in [1.29, 1.82) is 0 Å². The first kappa shape index (κ1) is 24.2. The van der Waals surface area contributed by atoms with E-state index < -0.39 is 6.04 Å². The van der Waals surface area contributed by atoms with E-state index in [4.69, 9.17) is 0 Å². The van der Waals surface area contributed by atoms with Gasteiger partial charge in [0.1, 0.15) is 6.04 Å². The van der Waals surface area contributed by atoms with Gasteiger partial charge in [0.25, 0.3) is 0 Å². The number of nitrogens with zero attached hydrogens (tertiary/aromatic N) is 1. The maximum absolute atomic E-state index is 13.7. The molecule has 33 heavy (non-hydrogen) atoms. The predicted molar refractivity (Wildman–Crippen MR) is 134 cm³/mol. The Morgan fingerprint density at radius 3 is 2.09 bits per heavy atom. The lowest BCUT2D eigenvalue weighted by molar-refractivity contribution is -0.141. The van der Waals surface area contributed by atoms with Gasteiger partial charge in [0.05, 0.1) is 6.42 Å². The Bertz CT molecular complexity index is 1060. The molecule has 4 heteroatoms. The van der Waals surface area contributed by atoms with Crippen LogP contribution < -0.4 is 5.32 Å². The summed E-state index contributed by atoms with van der Waals surface area (Å²) in [7, 11) is 0. The molecule has 2 amide bonds. The van der Waals surface area contributed by atoms with E-state index in [1.165, 1.54) is 0 Å². The summed E-state index contributed by atoms with van der Waals surface area (Å²) in [6.07, 6.45) is 0.720. The Kier molecular flexibility index (Phi) is 8.42. The molecule has 0 fully saturated rings. The Balaban J connectivity index is 1.97. The fraction of sp³-hybridized carbons (Fsp3) is 0.310. The average Bonchev–Trinajstić information content (AvgIpc) is 2.79. The molecule has 0 spiro atoms. The van der Waals surface area contributed by atoms with Gasteiger partial charge >= 0.3 is 0 Å². The largest absolute Gasteiger partial charge is 0.352 e. The summed E-state index contributed by atoms with van der Waals surface area (Å²) >= 11 is 0. The number of carbonyl (C=O) groups is 2. The van der Waals surface area contributed by atoms with Crippen molar-refractivity contribution in [1.82, 2.24) is 10.2 Å². The van der Waals surface area contributed by atoms with Crippen LogP contribution in [0.15, 0.2) is 78.9 Å². The fourth-order valence-electron chi connectivity index (χ4n) is 3.89. The number of rotatable bonds is 9. The van der Waals surface area contributed by atoms with Gasteiger partial charge in [-0.25, -0.2) is 0 Å². The second-order valence-corrected chi connectivity index (χ2v) is 8.98. The zero-order valence-corrected chi connectivity index (χ0v) is 20.0. The van der Waals surface area contributed by atoms with E-state index in [1.807, 2.05) is 107 Å². The molecule has 1 N–H and O–H groups in total. The van der Waals surface area contributed by atoms with Crippen LogP contribution in [-0.2, 0) is 29.0 Å². The third kappa shape index (κ3) is 7.04. The SMILES string of the molecule is Cc1ccc(CC(=O)N(Cc2ccccc2C)[C@@H](Cc2ccccc2)C(=O)NC(C)C)cc1. The highest BCUT2D eigenvalue weighted by Crippen LogP contribution is 2.19. The maximum Gasteiger partial charge on any atom is 0.243 e. The quantitative estimate of drug-likeness (QED) is 0.506. The van der Waals surface area contributed by atoms with Crippen LogP contribution in [0.1, 0.15) is 41.7 Å². The Hall–Kier alpha value is -3.40. The van der Waals surface area contributed by atoms with Crippen molar-refractivity contribution in [2.24, 2.45) is 0 Å². The van der Waals surface area contributed by atoms with Crippen molar-refractivity contribution in [2.75, 3.05) is 0 Å². The van der Waals surface area contributed by atoms with E-state index in [1.54, 1.807) is 4.90 Å². The molecule has 0 saturated carbocycles. The molecule has 0 bridgehead atoms. The van der Waals surface area contributed by atoms with Gasteiger partial charge < -0.3 is 10.2 Å². The summed E-state index contributed by atoms with van der Waals surface area (Å²) in [6.45, 7) is 8.34. The normalized spacial score (nSPS) is 11.8. The van der Waals surface area contributed by atoms with Crippen molar-refractivity contribution >= 4 is 11.8 Å². The number of aryl methyl sites for hydroxylation is 2. The summed E-state index contributed by atoms with van der Waals surface area (Å²) in [6, 6.07) is 25.3. The van der Waals surface area contributed by atoms with Gasteiger partial charge in [0.2, 0.25) is 11.8 Å². The summed E-state index contributed by atoms with van der Waals surface area (Å²) < 4.78 is 0. The first-order valence-corrected chi connectivity index (χ1v) is 11.6. The minimum atomic E-state index is -0.604. The van der Waals surface area contributed by atoms with Crippen LogP contribution in [0.4, 0.5) is 0 Å². The Labute approximate surface area is 197 Å². The van der Waals surface area contributed by atoms with Crippen molar-refractivity contribution in [3.05, 3.63) is 107 Å². The molecule has 0 saturated heterocycles.